The summed E-state index contributed by atoms with van der Waals surface area (Å²) in [6.45, 7) is 7.50. The van der Waals surface area contributed by atoms with Crippen molar-refractivity contribution in [2.75, 3.05) is 30.4 Å². The number of para-hydroxylation sites is 1. The lowest BCUT2D eigenvalue weighted by atomic mass is 9.92. The fourth-order valence-electron chi connectivity index (χ4n) is 3.24. The zero-order valence-electron chi connectivity index (χ0n) is 18.7. The molecular formula is C23H29N3O6. The number of hydrogen-bond donors (Lipinski definition) is 3. The number of nitro groups is 1. The number of carbonyl (C=O) groups excluding carboxylic acids is 2. The molecule has 0 atom stereocenters. The molecule has 1 amide bonds. The highest BCUT2D eigenvalue weighted by Crippen LogP contribution is 2.32. The third-order valence-electron chi connectivity index (χ3n) is 4.83. The minimum absolute atomic E-state index is 0.0918. The Kier molecular flexibility index (Phi) is 8.71. The first-order valence-electron chi connectivity index (χ1n) is 10.4. The molecule has 0 aliphatic rings. The van der Waals surface area contributed by atoms with Crippen LogP contribution < -0.4 is 10.6 Å². The minimum Gasteiger partial charge on any atom is -0.452 e. The lowest BCUT2D eigenvalue weighted by Gasteiger charge is -2.20. The molecule has 0 aliphatic carbocycles. The molecule has 0 fully saturated rings. The van der Waals surface area contributed by atoms with E-state index in [4.69, 9.17) is 9.84 Å². The Morgan fingerprint density at radius 1 is 1.09 bits per heavy atom. The normalized spacial score (nSPS) is 10.8. The minimum atomic E-state index is -0.884. The maximum atomic E-state index is 12.6. The van der Waals surface area contributed by atoms with E-state index in [0.29, 0.717) is 5.69 Å². The zero-order valence-corrected chi connectivity index (χ0v) is 18.7. The van der Waals surface area contributed by atoms with Crippen molar-refractivity contribution in [3.05, 3.63) is 63.2 Å². The number of benzene rings is 2. The molecule has 172 valence electrons. The van der Waals surface area contributed by atoms with Crippen molar-refractivity contribution in [3.8, 4) is 0 Å². The van der Waals surface area contributed by atoms with Gasteiger partial charge in [-0.2, -0.15) is 0 Å². The molecule has 0 radical (unpaired) electrons. The molecule has 0 bridgehead atoms. The highest BCUT2D eigenvalue weighted by Gasteiger charge is 2.20. The molecule has 0 unspecified atom stereocenters. The largest absolute Gasteiger partial charge is 0.452 e. The Morgan fingerprint density at radius 3 is 2.25 bits per heavy atom. The highest BCUT2D eigenvalue weighted by atomic mass is 16.6. The van der Waals surface area contributed by atoms with E-state index in [9.17, 15) is 19.7 Å². The van der Waals surface area contributed by atoms with Crippen molar-refractivity contribution in [1.29, 1.82) is 0 Å². The van der Waals surface area contributed by atoms with Gasteiger partial charge in [0, 0.05) is 30.1 Å². The SMILES string of the molecule is CC(C)c1cccc(C(C)C)c1NC(=O)COC(=O)c1cc([N+](=O)[O-])ccc1NCCO. The van der Waals surface area contributed by atoms with Crippen molar-refractivity contribution in [2.45, 2.75) is 39.5 Å². The number of nitrogens with one attached hydrogen (secondary N) is 2. The van der Waals surface area contributed by atoms with Gasteiger partial charge in [0.05, 0.1) is 17.1 Å². The number of nitro benzene ring substituents is 1. The van der Waals surface area contributed by atoms with Gasteiger partial charge in [-0.25, -0.2) is 4.79 Å². The summed E-state index contributed by atoms with van der Waals surface area (Å²) in [4.78, 5) is 35.6. The Balaban J connectivity index is 2.18. The molecule has 0 saturated heterocycles. The molecule has 0 heterocycles. The third kappa shape index (κ3) is 6.27. The summed E-state index contributed by atoms with van der Waals surface area (Å²) in [5.74, 6) is -1.04. The van der Waals surface area contributed by atoms with E-state index >= 15 is 0 Å². The zero-order chi connectivity index (χ0) is 23.8. The number of hydrogen-bond acceptors (Lipinski definition) is 7. The number of nitrogens with zero attached hydrogens (tertiary/aromatic N) is 1. The molecular weight excluding hydrogens is 414 g/mol. The summed E-state index contributed by atoms with van der Waals surface area (Å²) >= 11 is 0. The number of aliphatic hydroxyl groups excluding tert-OH is 1. The van der Waals surface area contributed by atoms with Gasteiger partial charge in [-0.1, -0.05) is 45.9 Å². The van der Waals surface area contributed by atoms with Crippen molar-refractivity contribution in [2.24, 2.45) is 0 Å². The highest BCUT2D eigenvalue weighted by molar-refractivity contribution is 5.99. The predicted molar refractivity (Wildman–Crippen MR) is 122 cm³/mol. The number of ether oxygens (including phenoxy) is 1. The van der Waals surface area contributed by atoms with Crippen LogP contribution in [0.4, 0.5) is 17.1 Å². The van der Waals surface area contributed by atoms with E-state index in [1.54, 1.807) is 0 Å². The smallest absolute Gasteiger partial charge is 0.341 e. The Morgan fingerprint density at radius 2 is 1.72 bits per heavy atom. The lowest BCUT2D eigenvalue weighted by Crippen LogP contribution is -2.23. The third-order valence-corrected chi connectivity index (χ3v) is 4.83. The average molecular weight is 444 g/mol. The van der Waals surface area contributed by atoms with Crippen LogP contribution in [0.3, 0.4) is 0 Å². The van der Waals surface area contributed by atoms with E-state index in [0.717, 1.165) is 17.2 Å². The monoisotopic (exact) mass is 443 g/mol. The number of esters is 1. The van der Waals surface area contributed by atoms with E-state index in [1.807, 2.05) is 45.9 Å². The maximum Gasteiger partial charge on any atom is 0.341 e. The standard InChI is InChI=1S/C23H29N3O6/c1-14(2)17-6-5-7-18(15(3)4)22(17)25-21(28)13-32-23(29)19-12-16(26(30)31)8-9-20(19)24-10-11-27/h5-9,12,14-15,24,27H,10-11,13H2,1-4H3,(H,25,28). The van der Waals surface area contributed by atoms with Crippen molar-refractivity contribution < 1.29 is 24.4 Å². The molecule has 0 spiro atoms. The van der Waals surface area contributed by atoms with Crippen LogP contribution in [0.2, 0.25) is 0 Å². The molecule has 0 saturated carbocycles. The molecule has 2 aromatic carbocycles. The van der Waals surface area contributed by atoms with Gasteiger partial charge in [0.2, 0.25) is 0 Å². The molecule has 2 rings (SSSR count). The van der Waals surface area contributed by atoms with Gasteiger partial charge in [0.1, 0.15) is 0 Å². The van der Waals surface area contributed by atoms with E-state index in [1.165, 1.54) is 12.1 Å². The fourth-order valence-corrected chi connectivity index (χ4v) is 3.24. The molecule has 9 heteroatoms. The van der Waals surface area contributed by atoms with Crippen LogP contribution >= 0.6 is 0 Å². The summed E-state index contributed by atoms with van der Waals surface area (Å²) in [5.41, 5.74) is 2.55. The van der Waals surface area contributed by atoms with Gasteiger partial charge in [-0.15, -0.1) is 0 Å². The van der Waals surface area contributed by atoms with Gasteiger partial charge >= 0.3 is 5.97 Å². The number of aliphatic hydroxyl groups is 1. The molecule has 9 nitrogen and oxygen atoms in total. The summed E-state index contributed by atoms with van der Waals surface area (Å²) in [7, 11) is 0. The predicted octanol–water partition coefficient (Wildman–Crippen LogP) is 4.04. The Hall–Kier alpha value is -3.46. The maximum absolute atomic E-state index is 12.6. The number of rotatable bonds is 10. The Bertz CT molecular complexity index is 961. The molecule has 0 aromatic heterocycles. The van der Waals surface area contributed by atoms with Gasteiger partial charge < -0.3 is 20.5 Å². The van der Waals surface area contributed by atoms with Crippen LogP contribution in [-0.2, 0) is 9.53 Å². The summed E-state index contributed by atoms with van der Waals surface area (Å²) in [6.07, 6.45) is 0. The second-order valence-electron chi connectivity index (χ2n) is 7.88. The molecule has 32 heavy (non-hydrogen) atoms. The number of anilines is 2. The van der Waals surface area contributed by atoms with Gasteiger partial charge in [0.15, 0.2) is 6.61 Å². The van der Waals surface area contributed by atoms with Crippen LogP contribution in [-0.4, -0.2) is 41.7 Å². The quantitative estimate of drug-likeness (QED) is 0.287. The van der Waals surface area contributed by atoms with Crippen molar-refractivity contribution >= 4 is 28.9 Å². The van der Waals surface area contributed by atoms with Crippen LogP contribution in [0.1, 0.15) is 61.0 Å². The second-order valence-corrected chi connectivity index (χ2v) is 7.88. The van der Waals surface area contributed by atoms with Gasteiger partial charge in [0.25, 0.3) is 11.6 Å². The van der Waals surface area contributed by atoms with Crippen molar-refractivity contribution in [1.82, 2.24) is 0 Å². The van der Waals surface area contributed by atoms with Crippen LogP contribution in [0, 0.1) is 10.1 Å². The number of carbonyl (C=O) groups is 2. The molecule has 0 aliphatic heterocycles. The van der Waals surface area contributed by atoms with Gasteiger partial charge in [-0.3, -0.25) is 14.9 Å². The molecule has 3 N–H and O–H groups in total. The first-order valence-corrected chi connectivity index (χ1v) is 10.4. The first kappa shape index (κ1) is 24.8. The number of amides is 1. The fraction of sp³-hybridized carbons (Fsp3) is 0.391. The number of non-ortho nitro benzene ring substituents is 1. The van der Waals surface area contributed by atoms with Crippen LogP contribution in [0.5, 0.6) is 0 Å². The van der Waals surface area contributed by atoms with Gasteiger partial charge in [-0.05, 0) is 29.0 Å². The van der Waals surface area contributed by atoms with E-state index < -0.39 is 23.4 Å². The molecule has 2 aromatic rings. The summed E-state index contributed by atoms with van der Waals surface area (Å²) < 4.78 is 5.14. The lowest BCUT2D eigenvalue weighted by molar-refractivity contribution is -0.384. The Labute approximate surface area is 186 Å². The van der Waals surface area contributed by atoms with Crippen LogP contribution in [0.15, 0.2) is 36.4 Å². The van der Waals surface area contributed by atoms with E-state index in [-0.39, 0.29) is 41.9 Å². The summed E-state index contributed by atoms with van der Waals surface area (Å²) in [5, 5.41) is 25.7. The van der Waals surface area contributed by atoms with Crippen LogP contribution in [0.25, 0.3) is 0 Å². The average Bonchev–Trinajstić information content (AvgIpc) is 2.75. The topological polar surface area (TPSA) is 131 Å². The van der Waals surface area contributed by atoms with Crippen molar-refractivity contribution in [3.63, 3.8) is 0 Å². The first-order chi connectivity index (χ1) is 15.1. The summed E-state index contributed by atoms with van der Waals surface area (Å²) in [6, 6.07) is 9.51. The van der Waals surface area contributed by atoms with E-state index in [2.05, 4.69) is 10.6 Å². The second kappa shape index (κ2) is 11.2.